The monoisotopic (exact) mass is 376 g/mol. The van der Waals surface area contributed by atoms with Crippen LogP contribution in [-0.4, -0.2) is 17.1 Å². The van der Waals surface area contributed by atoms with E-state index in [0.29, 0.717) is 5.56 Å². The number of amides is 1. The Morgan fingerprint density at radius 2 is 1.69 bits per heavy atom. The number of aromatic nitrogens is 1. The molecule has 1 amide bonds. The fourth-order valence-corrected chi connectivity index (χ4v) is 4.34. The van der Waals surface area contributed by atoms with Crippen molar-refractivity contribution in [1.29, 1.82) is 0 Å². The smallest absolute Gasteiger partial charge is 0.256 e. The second kappa shape index (κ2) is 7.32. The lowest BCUT2D eigenvalue weighted by molar-refractivity contribution is 0.102. The van der Waals surface area contributed by atoms with E-state index in [2.05, 4.69) is 10.3 Å². The largest absolute Gasteiger partial charge is 0.312 e. The van der Waals surface area contributed by atoms with Gasteiger partial charge in [-0.3, -0.25) is 4.79 Å². The standard InChI is InChI=1S/C21H16N2OS2/c1-25-21-22-18(15-9-3-2-4-10-15)20(26-21)23-19(24)17-13-7-11-14-8-5-6-12-16(14)17/h2-13H,1H3,(H,23,24). The lowest BCUT2D eigenvalue weighted by Gasteiger charge is -2.08. The van der Waals surface area contributed by atoms with Crippen molar-refractivity contribution in [2.24, 2.45) is 0 Å². The Bertz CT molecular complexity index is 1070. The minimum absolute atomic E-state index is 0.115. The number of fused-ring (bicyclic) bond motifs is 1. The predicted octanol–water partition coefficient (Wildman–Crippen LogP) is 5.94. The van der Waals surface area contributed by atoms with E-state index in [4.69, 9.17) is 0 Å². The number of hydrogen-bond acceptors (Lipinski definition) is 4. The van der Waals surface area contributed by atoms with Gasteiger partial charge in [0.25, 0.3) is 5.91 Å². The predicted molar refractivity (Wildman–Crippen MR) is 111 cm³/mol. The van der Waals surface area contributed by atoms with Crippen molar-refractivity contribution in [3.05, 3.63) is 78.4 Å². The maximum absolute atomic E-state index is 13.0. The molecule has 3 aromatic carbocycles. The number of hydrogen-bond donors (Lipinski definition) is 1. The maximum atomic E-state index is 13.0. The molecule has 0 bridgehead atoms. The van der Waals surface area contributed by atoms with Crippen molar-refractivity contribution in [3.63, 3.8) is 0 Å². The van der Waals surface area contributed by atoms with Crippen molar-refractivity contribution < 1.29 is 4.79 Å². The molecular weight excluding hydrogens is 360 g/mol. The van der Waals surface area contributed by atoms with E-state index in [9.17, 15) is 4.79 Å². The van der Waals surface area contributed by atoms with Gasteiger partial charge in [-0.25, -0.2) is 4.98 Å². The van der Waals surface area contributed by atoms with Crippen molar-refractivity contribution in [1.82, 2.24) is 4.98 Å². The number of thioether (sulfide) groups is 1. The quantitative estimate of drug-likeness (QED) is 0.448. The van der Waals surface area contributed by atoms with Crippen LogP contribution < -0.4 is 5.32 Å². The number of rotatable bonds is 4. The summed E-state index contributed by atoms with van der Waals surface area (Å²) in [4.78, 5) is 17.6. The van der Waals surface area contributed by atoms with Gasteiger partial charge in [-0.2, -0.15) is 0 Å². The van der Waals surface area contributed by atoms with E-state index in [1.54, 1.807) is 11.8 Å². The number of thiazole rings is 1. The van der Waals surface area contributed by atoms with Gasteiger partial charge < -0.3 is 5.32 Å². The van der Waals surface area contributed by atoms with Gasteiger partial charge in [0.1, 0.15) is 10.7 Å². The van der Waals surface area contributed by atoms with Crippen LogP contribution in [-0.2, 0) is 0 Å². The summed E-state index contributed by atoms with van der Waals surface area (Å²) in [5.74, 6) is -0.115. The Hall–Kier alpha value is -2.63. The summed E-state index contributed by atoms with van der Waals surface area (Å²) >= 11 is 3.08. The lowest BCUT2D eigenvalue weighted by Crippen LogP contribution is -2.12. The zero-order valence-electron chi connectivity index (χ0n) is 14.1. The van der Waals surface area contributed by atoms with E-state index in [1.807, 2.05) is 79.1 Å². The molecule has 4 rings (SSSR count). The summed E-state index contributed by atoms with van der Waals surface area (Å²) in [5, 5.41) is 5.85. The molecule has 0 atom stereocenters. The van der Waals surface area contributed by atoms with Gasteiger partial charge in [-0.05, 0) is 23.1 Å². The number of nitrogens with one attached hydrogen (secondary N) is 1. The van der Waals surface area contributed by atoms with Gasteiger partial charge in [0.05, 0.1) is 0 Å². The van der Waals surface area contributed by atoms with Crippen LogP contribution in [0.4, 0.5) is 5.00 Å². The molecule has 1 heterocycles. The van der Waals surface area contributed by atoms with E-state index in [-0.39, 0.29) is 5.91 Å². The average Bonchev–Trinajstić information content (AvgIpc) is 3.11. The van der Waals surface area contributed by atoms with Gasteiger partial charge in [0, 0.05) is 11.1 Å². The molecule has 0 aliphatic carbocycles. The van der Waals surface area contributed by atoms with Crippen molar-refractivity contribution in [2.75, 3.05) is 11.6 Å². The van der Waals surface area contributed by atoms with Gasteiger partial charge in [-0.1, -0.05) is 89.8 Å². The van der Waals surface area contributed by atoms with Crippen LogP contribution in [0.1, 0.15) is 10.4 Å². The van der Waals surface area contributed by atoms with Crippen LogP contribution in [0.25, 0.3) is 22.0 Å². The van der Waals surface area contributed by atoms with Crippen molar-refractivity contribution in [3.8, 4) is 11.3 Å². The molecule has 1 aromatic heterocycles. The Labute approximate surface area is 160 Å². The Morgan fingerprint density at radius 1 is 0.962 bits per heavy atom. The second-order valence-corrected chi connectivity index (χ2v) is 7.76. The first-order valence-electron chi connectivity index (χ1n) is 8.15. The molecule has 26 heavy (non-hydrogen) atoms. The third-order valence-electron chi connectivity index (χ3n) is 4.09. The molecule has 1 N–H and O–H groups in total. The van der Waals surface area contributed by atoms with Crippen LogP contribution in [0, 0.1) is 0 Å². The highest BCUT2D eigenvalue weighted by atomic mass is 32.2. The van der Waals surface area contributed by atoms with Crippen LogP contribution in [0.15, 0.2) is 77.1 Å². The topological polar surface area (TPSA) is 42.0 Å². The highest BCUT2D eigenvalue weighted by Crippen LogP contribution is 2.37. The molecule has 128 valence electrons. The summed E-state index contributed by atoms with van der Waals surface area (Å²) in [6, 6.07) is 23.6. The zero-order valence-corrected chi connectivity index (χ0v) is 15.7. The molecular formula is C21H16N2OS2. The molecule has 0 unspecified atom stereocenters. The summed E-state index contributed by atoms with van der Waals surface area (Å²) in [6.45, 7) is 0. The third kappa shape index (κ3) is 3.23. The first kappa shape index (κ1) is 16.8. The SMILES string of the molecule is CSc1nc(-c2ccccc2)c(NC(=O)c2cccc3ccccc23)s1. The van der Waals surface area contributed by atoms with E-state index >= 15 is 0 Å². The first-order chi connectivity index (χ1) is 12.8. The van der Waals surface area contributed by atoms with Crippen molar-refractivity contribution in [2.45, 2.75) is 4.34 Å². The summed E-state index contributed by atoms with van der Waals surface area (Å²) in [6.07, 6.45) is 1.99. The number of anilines is 1. The number of carbonyl (C=O) groups is 1. The number of nitrogens with zero attached hydrogens (tertiary/aromatic N) is 1. The number of benzene rings is 3. The van der Waals surface area contributed by atoms with Crippen LogP contribution in [0.2, 0.25) is 0 Å². The minimum atomic E-state index is -0.115. The first-order valence-corrected chi connectivity index (χ1v) is 10.2. The summed E-state index contributed by atoms with van der Waals surface area (Å²) in [7, 11) is 0. The maximum Gasteiger partial charge on any atom is 0.256 e. The lowest BCUT2D eigenvalue weighted by atomic mass is 10.0. The van der Waals surface area contributed by atoms with E-state index < -0.39 is 0 Å². The Morgan fingerprint density at radius 3 is 2.50 bits per heavy atom. The van der Waals surface area contributed by atoms with Gasteiger partial charge >= 0.3 is 0 Å². The van der Waals surface area contributed by atoms with Crippen LogP contribution in [0.5, 0.6) is 0 Å². The van der Waals surface area contributed by atoms with Gasteiger partial charge in [0.2, 0.25) is 0 Å². The summed E-state index contributed by atoms with van der Waals surface area (Å²) in [5.41, 5.74) is 2.48. The highest BCUT2D eigenvalue weighted by molar-refractivity contribution is 8.00. The molecule has 0 saturated heterocycles. The Balaban J connectivity index is 1.73. The molecule has 0 radical (unpaired) electrons. The van der Waals surface area contributed by atoms with Crippen LogP contribution >= 0.6 is 23.1 Å². The molecule has 5 heteroatoms. The number of carbonyl (C=O) groups excluding carboxylic acids is 1. The zero-order chi connectivity index (χ0) is 17.9. The molecule has 3 nitrogen and oxygen atoms in total. The van der Waals surface area contributed by atoms with Gasteiger partial charge in [-0.15, -0.1) is 0 Å². The van der Waals surface area contributed by atoms with Gasteiger partial charge in [0.15, 0.2) is 4.34 Å². The molecule has 0 aliphatic heterocycles. The third-order valence-corrected chi connectivity index (χ3v) is 6.05. The molecule has 0 saturated carbocycles. The fraction of sp³-hybridized carbons (Fsp3) is 0.0476. The minimum Gasteiger partial charge on any atom is -0.312 e. The normalized spacial score (nSPS) is 10.8. The van der Waals surface area contributed by atoms with Crippen molar-refractivity contribution >= 4 is 44.8 Å². The fourth-order valence-electron chi connectivity index (χ4n) is 2.86. The van der Waals surface area contributed by atoms with E-state index in [1.165, 1.54) is 11.3 Å². The Kier molecular flexibility index (Phi) is 4.73. The average molecular weight is 377 g/mol. The molecule has 0 fully saturated rings. The highest BCUT2D eigenvalue weighted by Gasteiger charge is 2.17. The molecule has 0 spiro atoms. The molecule has 0 aliphatic rings. The van der Waals surface area contributed by atoms with Crippen LogP contribution in [0.3, 0.4) is 0 Å². The second-order valence-electron chi connectivity index (χ2n) is 5.71. The van der Waals surface area contributed by atoms with E-state index in [0.717, 1.165) is 31.4 Å². The molecule has 4 aromatic rings. The summed E-state index contributed by atoms with van der Waals surface area (Å²) < 4.78 is 0.928.